The number of pyridine rings is 1. The van der Waals surface area contributed by atoms with Crippen molar-refractivity contribution in [2.45, 2.75) is 6.54 Å². The van der Waals surface area contributed by atoms with Gasteiger partial charge in [0.1, 0.15) is 17.5 Å². The van der Waals surface area contributed by atoms with Gasteiger partial charge in [-0.05, 0) is 30.3 Å². The van der Waals surface area contributed by atoms with Gasteiger partial charge in [0.25, 0.3) is 0 Å². The molecule has 0 atom stereocenters. The zero-order chi connectivity index (χ0) is 17.2. The molecule has 3 heterocycles. The normalized spacial score (nSPS) is 11.0. The van der Waals surface area contributed by atoms with E-state index in [1.807, 2.05) is 18.2 Å². The van der Waals surface area contributed by atoms with Crippen LogP contribution in [-0.4, -0.2) is 19.6 Å². The van der Waals surface area contributed by atoms with Gasteiger partial charge in [0, 0.05) is 36.1 Å². The van der Waals surface area contributed by atoms with Crippen LogP contribution in [0.5, 0.6) is 0 Å². The summed E-state index contributed by atoms with van der Waals surface area (Å²) >= 11 is 0. The van der Waals surface area contributed by atoms with E-state index >= 15 is 0 Å². The molecule has 0 aliphatic carbocycles. The molecular formula is C18H13F2N5. The maximum Gasteiger partial charge on any atom is 0.154 e. The fraction of sp³-hybridized carbons (Fsp3) is 0.0556. The first kappa shape index (κ1) is 15.2. The van der Waals surface area contributed by atoms with Gasteiger partial charge in [0.15, 0.2) is 5.65 Å². The van der Waals surface area contributed by atoms with Crippen LogP contribution in [0.2, 0.25) is 0 Å². The number of hydrogen-bond donors (Lipinski definition) is 1. The van der Waals surface area contributed by atoms with Gasteiger partial charge < -0.3 is 5.32 Å². The number of halogens is 2. The van der Waals surface area contributed by atoms with Crippen LogP contribution in [0.15, 0.2) is 61.1 Å². The summed E-state index contributed by atoms with van der Waals surface area (Å²) in [4.78, 5) is 8.33. The van der Waals surface area contributed by atoms with Crippen LogP contribution >= 0.6 is 0 Å². The van der Waals surface area contributed by atoms with Crippen molar-refractivity contribution in [1.82, 2.24) is 19.6 Å². The number of benzene rings is 1. The van der Waals surface area contributed by atoms with Crippen molar-refractivity contribution in [3.63, 3.8) is 0 Å². The van der Waals surface area contributed by atoms with Crippen LogP contribution in [0.4, 0.5) is 14.6 Å². The largest absolute Gasteiger partial charge is 0.364 e. The lowest BCUT2D eigenvalue weighted by Crippen LogP contribution is -2.06. The molecule has 0 bridgehead atoms. The van der Waals surface area contributed by atoms with E-state index in [0.717, 1.165) is 17.3 Å². The Morgan fingerprint density at radius 3 is 2.64 bits per heavy atom. The molecule has 0 aliphatic heterocycles. The molecule has 7 heteroatoms. The van der Waals surface area contributed by atoms with Gasteiger partial charge >= 0.3 is 0 Å². The van der Waals surface area contributed by atoms with Crippen molar-refractivity contribution < 1.29 is 8.78 Å². The van der Waals surface area contributed by atoms with Crippen LogP contribution in [0.1, 0.15) is 5.56 Å². The van der Waals surface area contributed by atoms with E-state index in [0.29, 0.717) is 17.0 Å². The first-order valence-corrected chi connectivity index (χ1v) is 7.64. The quantitative estimate of drug-likeness (QED) is 0.617. The molecule has 1 aromatic carbocycles. The Kier molecular flexibility index (Phi) is 3.81. The van der Waals surface area contributed by atoms with Crippen LogP contribution in [-0.2, 0) is 6.54 Å². The first-order chi connectivity index (χ1) is 12.2. The number of hydrogen-bond acceptors (Lipinski definition) is 4. The fourth-order valence-corrected chi connectivity index (χ4v) is 2.54. The number of anilines is 1. The minimum atomic E-state index is -0.596. The van der Waals surface area contributed by atoms with E-state index in [4.69, 9.17) is 0 Å². The number of imidazole rings is 1. The molecule has 4 rings (SSSR count). The Labute approximate surface area is 142 Å². The van der Waals surface area contributed by atoms with Crippen molar-refractivity contribution in [1.29, 1.82) is 0 Å². The molecular weight excluding hydrogens is 324 g/mol. The summed E-state index contributed by atoms with van der Waals surface area (Å²) in [7, 11) is 0. The molecule has 25 heavy (non-hydrogen) atoms. The molecule has 0 fully saturated rings. The van der Waals surface area contributed by atoms with E-state index in [9.17, 15) is 8.78 Å². The molecule has 1 N–H and O–H groups in total. The molecule has 3 aromatic heterocycles. The highest BCUT2D eigenvalue weighted by Crippen LogP contribution is 2.20. The average Bonchev–Trinajstić information content (AvgIpc) is 3.05. The van der Waals surface area contributed by atoms with Crippen LogP contribution in [0.25, 0.3) is 16.9 Å². The number of fused-ring (bicyclic) bond motifs is 1. The third-order valence-corrected chi connectivity index (χ3v) is 3.81. The second kappa shape index (κ2) is 6.27. The smallest absolute Gasteiger partial charge is 0.154 e. The van der Waals surface area contributed by atoms with Gasteiger partial charge in [0.2, 0.25) is 0 Å². The number of rotatable bonds is 4. The third kappa shape index (κ3) is 3.03. The van der Waals surface area contributed by atoms with Gasteiger partial charge in [-0.15, -0.1) is 5.10 Å². The van der Waals surface area contributed by atoms with Crippen molar-refractivity contribution in [3.05, 3.63) is 78.3 Å². The highest BCUT2D eigenvalue weighted by Gasteiger charge is 2.09. The molecule has 0 amide bonds. The summed E-state index contributed by atoms with van der Waals surface area (Å²) in [6.07, 6.45) is 5.14. The highest BCUT2D eigenvalue weighted by atomic mass is 19.1. The minimum Gasteiger partial charge on any atom is -0.364 e. The zero-order valence-corrected chi connectivity index (χ0v) is 13.0. The Balaban J connectivity index is 1.62. The predicted octanol–water partition coefficient (Wildman–Crippen LogP) is 3.68. The van der Waals surface area contributed by atoms with Crippen molar-refractivity contribution in [3.8, 4) is 11.3 Å². The summed E-state index contributed by atoms with van der Waals surface area (Å²) in [5, 5.41) is 7.55. The Morgan fingerprint density at radius 2 is 1.84 bits per heavy atom. The second-order valence-corrected chi connectivity index (χ2v) is 5.46. The van der Waals surface area contributed by atoms with E-state index in [-0.39, 0.29) is 6.54 Å². The molecule has 0 radical (unpaired) electrons. The molecule has 0 unspecified atom stereocenters. The Bertz CT molecular complexity index is 1030. The van der Waals surface area contributed by atoms with Crippen LogP contribution in [0, 0.1) is 11.6 Å². The summed E-state index contributed by atoms with van der Waals surface area (Å²) < 4.78 is 28.4. The number of aromatic nitrogens is 4. The number of nitrogens with one attached hydrogen (secondary N) is 1. The first-order valence-electron chi connectivity index (χ1n) is 7.64. The molecule has 0 saturated carbocycles. The Morgan fingerprint density at radius 1 is 1.00 bits per heavy atom. The van der Waals surface area contributed by atoms with Crippen LogP contribution in [0.3, 0.4) is 0 Å². The van der Waals surface area contributed by atoms with Gasteiger partial charge in [-0.25, -0.2) is 18.3 Å². The van der Waals surface area contributed by atoms with Crippen molar-refractivity contribution in [2.75, 3.05) is 5.32 Å². The number of nitrogens with zero attached hydrogens (tertiary/aromatic N) is 4. The maximum absolute atomic E-state index is 13.7. The minimum absolute atomic E-state index is 0.198. The van der Waals surface area contributed by atoms with Gasteiger partial charge in [0.05, 0.1) is 11.9 Å². The second-order valence-electron chi connectivity index (χ2n) is 5.46. The van der Waals surface area contributed by atoms with Crippen molar-refractivity contribution in [2.24, 2.45) is 0 Å². The lowest BCUT2D eigenvalue weighted by Gasteiger charge is -2.08. The fourth-order valence-electron chi connectivity index (χ4n) is 2.54. The SMILES string of the molecule is Fc1ccc(CNc2ccc3ncc(-c4ccncc4)n3n2)c(F)c1. The van der Waals surface area contributed by atoms with Gasteiger partial charge in [-0.1, -0.05) is 6.07 Å². The molecule has 5 nitrogen and oxygen atoms in total. The van der Waals surface area contributed by atoms with Gasteiger partial charge in [-0.2, -0.15) is 0 Å². The summed E-state index contributed by atoms with van der Waals surface area (Å²) in [6, 6.07) is 10.8. The van der Waals surface area contributed by atoms with E-state index in [1.165, 1.54) is 12.1 Å². The third-order valence-electron chi connectivity index (χ3n) is 3.81. The summed E-state index contributed by atoms with van der Waals surface area (Å²) in [5.74, 6) is -0.626. The van der Waals surface area contributed by atoms with E-state index in [2.05, 4.69) is 20.4 Å². The van der Waals surface area contributed by atoms with Crippen molar-refractivity contribution >= 4 is 11.5 Å². The monoisotopic (exact) mass is 337 g/mol. The highest BCUT2D eigenvalue weighted by molar-refractivity contribution is 5.63. The molecule has 0 saturated heterocycles. The lowest BCUT2D eigenvalue weighted by molar-refractivity contribution is 0.574. The topological polar surface area (TPSA) is 55.1 Å². The van der Waals surface area contributed by atoms with Gasteiger partial charge in [-0.3, -0.25) is 4.98 Å². The van der Waals surface area contributed by atoms with E-state index in [1.54, 1.807) is 29.2 Å². The summed E-state index contributed by atoms with van der Waals surface area (Å²) in [5.41, 5.74) is 2.83. The zero-order valence-electron chi connectivity index (χ0n) is 13.0. The Hall–Kier alpha value is -3.35. The molecule has 124 valence electrons. The standard InChI is InChI=1S/C18H13F2N5/c19-14-2-1-13(15(20)9-14)10-22-17-3-4-18-23-11-16(25(18)24-17)12-5-7-21-8-6-12/h1-9,11H,10H2,(H,22,24). The summed E-state index contributed by atoms with van der Waals surface area (Å²) in [6.45, 7) is 0.198. The predicted molar refractivity (Wildman–Crippen MR) is 89.9 cm³/mol. The van der Waals surface area contributed by atoms with Crippen LogP contribution < -0.4 is 5.32 Å². The van der Waals surface area contributed by atoms with E-state index < -0.39 is 11.6 Å². The lowest BCUT2D eigenvalue weighted by atomic mass is 10.2. The molecule has 0 spiro atoms. The molecule has 4 aromatic rings. The molecule has 0 aliphatic rings. The maximum atomic E-state index is 13.7. The average molecular weight is 337 g/mol.